The Labute approximate surface area is 306 Å². The fourth-order valence-corrected chi connectivity index (χ4v) is 10.3. The SMILES string of the molecule is CC1(C)c2ccccc2-c2c(N(c3ccc4c5ccccc5n(-c5ccccc5)c4c3)c3cccc4c3sc3c5ccccc5ccc43)cccc21. The minimum Gasteiger partial charge on any atom is -0.309 e. The summed E-state index contributed by atoms with van der Waals surface area (Å²) in [6.45, 7) is 4.74. The number of benzene rings is 8. The van der Waals surface area contributed by atoms with Crippen molar-refractivity contribution >= 4 is 81.1 Å². The molecule has 2 nitrogen and oxygen atoms in total. The molecule has 246 valence electrons. The number of hydrogen-bond acceptors (Lipinski definition) is 2. The molecule has 1 aliphatic rings. The molecule has 10 aromatic rings. The Balaban J connectivity index is 1.26. The zero-order chi connectivity index (χ0) is 34.6. The molecule has 2 heterocycles. The second-order valence-electron chi connectivity index (χ2n) is 14.5. The van der Waals surface area contributed by atoms with Crippen molar-refractivity contribution in [2.24, 2.45) is 0 Å². The third-order valence-corrected chi connectivity index (χ3v) is 12.6. The molecule has 52 heavy (non-hydrogen) atoms. The van der Waals surface area contributed by atoms with Gasteiger partial charge in [0.25, 0.3) is 0 Å². The van der Waals surface area contributed by atoms with Crippen LogP contribution in [0.25, 0.3) is 69.6 Å². The van der Waals surface area contributed by atoms with E-state index in [1.165, 1.54) is 86.4 Å². The van der Waals surface area contributed by atoms with E-state index in [0.717, 1.165) is 11.4 Å². The van der Waals surface area contributed by atoms with Crippen LogP contribution in [-0.4, -0.2) is 4.57 Å². The van der Waals surface area contributed by atoms with Crippen LogP contribution in [0, 0.1) is 0 Å². The molecule has 0 amide bonds. The van der Waals surface area contributed by atoms with Crippen molar-refractivity contribution in [3.05, 3.63) is 181 Å². The molecule has 11 rings (SSSR count). The summed E-state index contributed by atoms with van der Waals surface area (Å²) in [6, 6.07) is 62.8. The average Bonchev–Trinajstić information content (AvgIpc) is 3.82. The van der Waals surface area contributed by atoms with E-state index >= 15 is 0 Å². The number of rotatable bonds is 4. The predicted molar refractivity (Wildman–Crippen MR) is 223 cm³/mol. The van der Waals surface area contributed by atoms with Gasteiger partial charge >= 0.3 is 0 Å². The summed E-state index contributed by atoms with van der Waals surface area (Å²) >= 11 is 1.91. The first-order chi connectivity index (χ1) is 25.6. The molecule has 1 aliphatic carbocycles. The number of fused-ring (bicyclic) bond motifs is 11. The molecule has 0 unspecified atom stereocenters. The zero-order valence-electron chi connectivity index (χ0n) is 29.0. The van der Waals surface area contributed by atoms with Gasteiger partial charge in [0.1, 0.15) is 0 Å². The fraction of sp³-hybridized carbons (Fsp3) is 0.0612. The van der Waals surface area contributed by atoms with Gasteiger partial charge in [0.2, 0.25) is 0 Å². The molecule has 3 heteroatoms. The van der Waals surface area contributed by atoms with Crippen LogP contribution >= 0.6 is 11.3 Å². The van der Waals surface area contributed by atoms with Gasteiger partial charge in [0, 0.05) is 48.6 Å². The van der Waals surface area contributed by atoms with Gasteiger partial charge in [-0.15, -0.1) is 11.3 Å². The van der Waals surface area contributed by atoms with E-state index in [2.05, 4.69) is 193 Å². The van der Waals surface area contributed by atoms with Crippen molar-refractivity contribution in [2.75, 3.05) is 4.90 Å². The van der Waals surface area contributed by atoms with E-state index in [1.807, 2.05) is 11.3 Å². The summed E-state index contributed by atoms with van der Waals surface area (Å²) in [5.74, 6) is 0. The molecule has 0 bridgehead atoms. The summed E-state index contributed by atoms with van der Waals surface area (Å²) in [5, 5.41) is 7.70. The Hall–Kier alpha value is -6.16. The van der Waals surface area contributed by atoms with E-state index in [4.69, 9.17) is 0 Å². The Bertz CT molecular complexity index is 3050. The van der Waals surface area contributed by atoms with Gasteiger partial charge in [-0.05, 0) is 69.9 Å². The van der Waals surface area contributed by atoms with E-state index in [0.29, 0.717) is 0 Å². The lowest BCUT2D eigenvalue weighted by Crippen LogP contribution is -2.16. The standard InChI is InChI=1S/C49H34N2S/c1-49(2)40-21-10-8-19-39(40)46-41(49)22-13-24-43(46)51(44-25-12-20-37-38-28-26-31-14-6-7-17-34(31)47(38)52-48(37)44)33-27-29-36-35-18-9-11-23-42(35)50(45(36)30-33)32-15-4-3-5-16-32/h3-30H,1-2H3. The number of thiophene rings is 1. The predicted octanol–water partition coefficient (Wildman–Crippen LogP) is 14.1. The van der Waals surface area contributed by atoms with Gasteiger partial charge in [-0.25, -0.2) is 0 Å². The Morgan fingerprint density at radius 1 is 0.481 bits per heavy atom. The van der Waals surface area contributed by atoms with E-state index in [1.54, 1.807) is 0 Å². The van der Waals surface area contributed by atoms with Crippen LogP contribution in [0.15, 0.2) is 170 Å². The maximum atomic E-state index is 2.54. The minimum atomic E-state index is -0.111. The highest BCUT2D eigenvalue weighted by molar-refractivity contribution is 7.27. The molecule has 0 spiro atoms. The smallest absolute Gasteiger partial charge is 0.0640 e. The number of para-hydroxylation sites is 2. The topological polar surface area (TPSA) is 8.17 Å². The molecule has 0 saturated carbocycles. The van der Waals surface area contributed by atoms with Crippen molar-refractivity contribution in [1.29, 1.82) is 0 Å². The maximum absolute atomic E-state index is 2.54. The van der Waals surface area contributed by atoms with Crippen molar-refractivity contribution in [1.82, 2.24) is 4.57 Å². The Morgan fingerprint density at radius 2 is 1.13 bits per heavy atom. The van der Waals surface area contributed by atoms with Gasteiger partial charge in [-0.2, -0.15) is 0 Å². The molecular weight excluding hydrogens is 649 g/mol. The summed E-state index contributed by atoms with van der Waals surface area (Å²) in [5.41, 5.74) is 12.4. The van der Waals surface area contributed by atoms with Crippen LogP contribution in [-0.2, 0) is 5.41 Å². The molecule has 0 aliphatic heterocycles. The van der Waals surface area contributed by atoms with Gasteiger partial charge in [-0.3, -0.25) is 0 Å². The quantitative estimate of drug-likeness (QED) is 0.179. The normalized spacial score (nSPS) is 13.3. The van der Waals surface area contributed by atoms with Crippen LogP contribution in [0.4, 0.5) is 17.1 Å². The van der Waals surface area contributed by atoms with Crippen LogP contribution in [0.3, 0.4) is 0 Å². The summed E-state index contributed by atoms with van der Waals surface area (Å²) in [6.07, 6.45) is 0. The molecule has 2 aromatic heterocycles. The number of nitrogens with zero attached hydrogens (tertiary/aromatic N) is 2. The minimum absolute atomic E-state index is 0.111. The van der Waals surface area contributed by atoms with Crippen molar-refractivity contribution in [3.8, 4) is 16.8 Å². The van der Waals surface area contributed by atoms with Crippen molar-refractivity contribution in [3.63, 3.8) is 0 Å². The van der Waals surface area contributed by atoms with Crippen LogP contribution in [0.1, 0.15) is 25.0 Å². The first-order valence-electron chi connectivity index (χ1n) is 18.0. The molecule has 0 fully saturated rings. The van der Waals surface area contributed by atoms with Crippen LogP contribution in [0.2, 0.25) is 0 Å². The largest absolute Gasteiger partial charge is 0.309 e. The highest BCUT2D eigenvalue weighted by Crippen LogP contribution is 2.55. The van der Waals surface area contributed by atoms with E-state index < -0.39 is 0 Å². The monoisotopic (exact) mass is 682 g/mol. The first-order valence-corrected chi connectivity index (χ1v) is 18.8. The fourth-order valence-electron chi connectivity index (χ4n) is 8.97. The lowest BCUT2D eigenvalue weighted by atomic mass is 9.82. The van der Waals surface area contributed by atoms with Crippen molar-refractivity contribution in [2.45, 2.75) is 19.3 Å². The molecular formula is C49H34N2S. The molecule has 0 N–H and O–H groups in total. The Kier molecular flexibility index (Phi) is 6.21. The second-order valence-corrected chi connectivity index (χ2v) is 15.5. The van der Waals surface area contributed by atoms with Crippen molar-refractivity contribution < 1.29 is 0 Å². The molecule has 0 atom stereocenters. The van der Waals surface area contributed by atoms with E-state index in [9.17, 15) is 0 Å². The number of anilines is 3. The second kappa shape index (κ2) is 10.9. The number of hydrogen-bond donors (Lipinski definition) is 0. The van der Waals surface area contributed by atoms with Gasteiger partial charge in [0.05, 0.1) is 27.1 Å². The Morgan fingerprint density at radius 3 is 2.04 bits per heavy atom. The molecule has 0 saturated heterocycles. The first kappa shape index (κ1) is 29.6. The highest BCUT2D eigenvalue weighted by Gasteiger charge is 2.38. The summed E-state index contributed by atoms with van der Waals surface area (Å²) in [4.78, 5) is 2.54. The van der Waals surface area contributed by atoms with Gasteiger partial charge in [0.15, 0.2) is 0 Å². The lowest BCUT2D eigenvalue weighted by Gasteiger charge is -2.29. The molecule has 8 aromatic carbocycles. The van der Waals surface area contributed by atoms with Gasteiger partial charge < -0.3 is 9.47 Å². The summed E-state index contributed by atoms with van der Waals surface area (Å²) < 4.78 is 5.05. The highest BCUT2D eigenvalue weighted by atomic mass is 32.1. The average molecular weight is 683 g/mol. The van der Waals surface area contributed by atoms with Crippen LogP contribution < -0.4 is 4.90 Å². The molecule has 0 radical (unpaired) electrons. The maximum Gasteiger partial charge on any atom is 0.0640 e. The lowest BCUT2D eigenvalue weighted by molar-refractivity contribution is 0.660. The summed E-state index contributed by atoms with van der Waals surface area (Å²) in [7, 11) is 0. The van der Waals surface area contributed by atoms with Crippen LogP contribution in [0.5, 0.6) is 0 Å². The third kappa shape index (κ3) is 4.06. The number of aromatic nitrogens is 1. The van der Waals surface area contributed by atoms with Gasteiger partial charge in [-0.1, -0.05) is 141 Å². The zero-order valence-corrected chi connectivity index (χ0v) is 29.8. The van der Waals surface area contributed by atoms with E-state index in [-0.39, 0.29) is 5.41 Å². The third-order valence-electron chi connectivity index (χ3n) is 11.4.